The van der Waals surface area contributed by atoms with Gasteiger partial charge in [0.15, 0.2) is 0 Å². The maximum Gasteiger partial charge on any atom is 0.236 e. The zero-order valence-electron chi connectivity index (χ0n) is 10.3. The van der Waals surface area contributed by atoms with Gasteiger partial charge in [-0.05, 0) is 37.5 Å². The van der Waals surface area contributed by atoms with E-state index in [2.05, 4.69) is 5.32 Å². The molecule has 1 amide bonds. The molecule has 1 saturated carbocycles. The lowest BCUT2D eigenvalue weighted by atomic mass is 9.96. The SMILES string of the molecule is C[C@H](N)C(=O)NCC1(c2cccc(F)c2)CC1.Cl. The van der Waals surface area contributed by atoms with Crippen LogP contribution < -0.4 is 11.1 Å². The van der Waals surface area contributed by atoms with Crippen LogP contribution in [0.25, 0.3) is 0 Å². The Morgan fingerprint density at radius 3 is 2.72 bits per heavy atom. The van der Waals surface area contributed by atoms with E-state index in [0.717, 1.165) is 18.4 Å². The zero-order chi connectivity index (χ0) is 12.5. The van der Waals surface area contributed by atoms with Crippen molar-refractivity contribution in [3.8, 4) is 0 Å². The maximum atomic E-state index is 13.1. The van der Waals surface area contributed by atoms with E-state index in [9.17, 15) is 9.18 Å². The van der Waals surface area contributed by atoms with Gasteiger partial charge in [-0.3, -0.25) is 4.79 Å². The number of hydrogen-bond acceptors (Lipinski definition) is 2. The molecule has 3 nitrogen and oxygen atoms in total. The third kappa shape index (κ3) is 3.21. The second-order valence-electron chi connectivity index (χ2n) is 4.80. The largest absolute Gasteiger partial charge is 0.354 e. The van der Waals surface area contributed by atoms with Gasteiger partial charge in [-0.1, -0.05) is 12.1 Å². The van der Waals surface area contributed by atoms with Crippen molar-refractivity contribution in [2.75, 3.05) is 6.54 Å². The first-order chi connectivity index (χ1) is 8.03. The van der Waals surface area contributed by atoms with Crippen LogP contribution in [0, 0.1) is 5.82 Å². The average Bonchev–Trinajstić information content (AvgIpc) is 3.07. The molecule has 1 fully saturated rings. The third-order valence-corrected chi connectivity index (χ3v) is 3.31. The molecule has 18 heavy (non-hydrogen) atoms. The molecular weight excluding hydrogens is 255 g/mol. The highest BCUT2D eigenvalue weighted by molar-refractivity contribution is 5.85. The van der Waals surface area contributed by atoms with Crippen LogP contribution in [0.1, 0.15) is 25.3 Å². The highest BCUT2D eigenvalue weighted by atomic mass is 35.5. The molecule has 1 atom stereocenters. The van der Waals surface area contributed by atoms with E-state index in [0.29, 0.717) is 6.54 Å². The highest BCUT2D eigenvalue weighted by Gasteiger charge is 2.44. The number of carbonyl (C=O) groups is 1. The van der Waals surface area contributed by atoms with Crippen molar-refractivity contribution in [2.45, 2.75) is 31.2 Å². The number of amides is 1. The minimum Gasteiger partial charge on any atom is -0.354 e. The van der Waals surface area contributed by atoms with Crippen molar-refractivity contribution >= 4 is 18.3 Å². The lowest BCUT2D eigenvalue weighted by Gasteiger charge is -2.17. The number of carbonyl (C=O) groups excluding carboxylic acids is 1. The summed E-state index contributed by atoms with van der Waals surface area (Å²) in [7, 11) is 0. The third-order valence-electron chi connectivity index (χ3n) is 3.31. The number of benzene rings is 1. The average molecular weight is 273 g/mol. The lowest BCUT2D eigenvalue weighted by molar-refractivity contribution is -0.122. The van der Waals surface area contributed by atoms with Crippen molar-refractivity contribution in [1.82, 2.24) is 5.32 Å². The predicted octanol–water partition coefficient (Wildman–Crippen LogP) is 1.74. The quantitative estimate of drug-likeness (QED) is 0.877. The van der Waals surface area contributed by atoms with Crippen LogP contribution in [0.2, 0.25) is 0 Å². The molecule has 1 aliphatic carbocycles. The summed E-state index contributed by atoms with van der Waals surface area (Å²) in [6.07, 6.45) is 1.96. The molecule has 2 rings (SSSR count). The molecule has 1 aliphatic rings. The van der Waals surface area contributed by atoms with Gasteiger partial charge >= 0.3 is 0 Å². The van der Waals surface area contributed by atoms with Crippen LogP contribution in [-0.2, 0) is 10.2 Å². The summed E-state index contributed by atoms with van der Waals surface area (Å²) < 4.78 is 13.1. The van der Waals surface area contributed by atoms with Gasteiger partial charge in [0.25, 0.3) is 0 Å². The van der Waals surface area contributed by atoms with Crippen LogP contribution in [-0.4, -0.2) is 18.5 Å². The minimum absolute atomic E-state index is 0. The summed E-state index contributed by atoms with van der Waals surface area (Å²) in [4.78, 5) is 11.4. The molecule has 0 heterocycles. The van der Waals surface area contributed by atoms with Crippen molar-refractivity contribution in [1.29, 1.82) is 0 Å². The summed E-state index contributed by atoms with van der Waals surface area (Å²) in [5.41, 5.74) is 6.36. The second-order valence-corrected chi connectivity index (χ2v) is 4.80. The van der Waals surface area contributed by atoms with Gasteiger partial charge < -0.3 is 11.1 Å². The van der Waals surface area contributed by atoms with Gasteiger partial charge in [-0.2, -0.15) is 0 Å². The van der Waals surface area contributed by atoms with E-state index in [-0.39, 0.29) is 29.5 Å². The summed E-state index contributed by atoms with van der Waals surface area (Å²) in [5, 5.41) is 2.82. The molecule has 0 aromatic heterocycles. The normalized spacial score (nSPS) is 17.5. The monoisotopic (exact) mass is 272 g/mol. The number of halogens is 2. The first-order valence-corrected chi connectivity index (χ1v) is 5.83. The molecule has 0 radical (unpaired) electrons. The van der Waals surface area contributed by atoms with Crippen molar-refractivity contribution in [3.63, 3.8) is 0 Å². The summed E-state index contributed by atoms with van der Waals surface area (Å²) in [6, 6.07) is 6.09. The van der Waals surface area contributed by atoms with Crippen LogP contribution in [0.15, 0.2) is 24.3 Å². The molecule has 100 valence electrons. The van der Waals surface area contributed by atoms with Crippen LogP contribution in [0.3, 0.4) is 0 Å². The molecule has 0 spiro atoms. The van der Waals surface area contributed by atoms with Gasteiger partial charge in [0.05, 0.1) is 6.04 Å². The Hall–Kier alpha value is -1.13. The number of hydrogen-bond donors (Lipinski definition) is 2. The topological polar surface area (TPSA) is 55.1 Å². The smallest absolute Gasteiger partial charge is 0.236 e. The molecule has 1 aromatic carbocycles. The number of nitrogens with one attached hydrogen (secondary N) is 1. The van der Waals surface area contributed by atoms with Gasteiger partial charge in [0.1, 0.15) is 5.82 Å². The molecule has 0 aliphatic heterocycles. The Labute approximate surface area is 112 Å². The Morgan fingerprint density at radius 2 is 2.22 bits per heavy atom. The second kappa shape index (κ2) is 5.67. The van der Waals surface area contributed by atoms with Crippen LogP contribution in [0.4, 0.5) is 4.39 Å². The summed E-state index contributed by atoms with van der Waals surface area (Å²) in [5.74, 6) is -0.389. The first kappa shape index (κ1) is 14.9. The van der Waals surface area contributed by atoms with Crippen LogP contribution in [0.5, 0.6) is 0 Å². The predicted molar refractivity (Wildman–Crippen MR) is 71.2 cm³/mol. The molecule has 0 unspecified atom stereocenters. The number of nitrogens with two attached hydrogens (primary N) is 1. The molecule has 5 heteroatoms. The number of rotatable bonds is 4. The fraction of sp³-hybridized carbons (Fsp3) is 0.462. The van der Waals surface area contributed by atoms with Gasteiger partial charge in [-0.15, -0.1) is 12.4 Å². The van der Waals surface area contributed by atoms with E-state index in [4.69, 9.17) is 5.73 Å². The maximum absolute atomic E-state index is 13.1. The van der Waals surface area contributed by atoms with E-state index < -0.39 is 6.04 Å². The van der Waals surface area contributed by atoms with Crippen molar-refractivity contribution in [2.24, 2.45) is 5.73 Å². The lowest BCUT2D eigenvalue weighted by Crippen LogP contribution is -2.41. The van der Waals surface area contributed by atoms with Crippen molar-refractivity contribution < 1.29 is 9.18 Å². The van der Waals surface area contributed by atoms with Gasteiger partial charge in [-0.25, -0.2) is 4.39 Å². The van der Waals surface area contributed by atoms with Gasteiger partial charge in [0.2, 0.25) is 5.91 Å². The van der Waals surface area contributed by atoms with Crippen LogP contribution >= 0.6 is 12.4 Å². The Kier molecular flexibility index (Phi) is 4.71. The van der Waals surface area contributed by atoms with Gasteiger partial charge in [0, 0.05) is 12.0 Å². The standard InChI is InChI=1S/C13H17FN2O.ClH/c1-9(15)12(17)16-8-13(5-6-13)10-3-2-4-11(14)7-10;/h2-4,7,9H,5-6,8,15H2,1H3,(H,16,17);1H/t9-;/m0./s1. The fourth-order valence-corrected chi connectivity index (χ4v) is 1.95. The first-order valence-electron chi connectivity index (χ1n) is 5.83. The Bertz CT molecular complexity index is 433. The van der Waals surface area contributed by atoms with Crippen molar-refractivity contribution in [3.05, 3.63) is 35.6 Å². The van der Waals surface area contributed by atoms with E-state index in [1.54, 1.807) is 19.1 Å². The molecule has 1 aromatic rings. The Morgan fingerprint density at radius 1 is 1.56 bits per heavy atom. The highest BCUT2D eigenvalue weighted by Crippen LogP contribution is 2.47. The molecular formula is C13H18ClFN2O. The fourth-order valence-electron chi connectivity index (χ4n) is 1.95. The molecule has 3 N–H and O–H groups in total. The Balaban J connectivity index is 0.00000162. The molecule has 0 bridgehead atoms. The zero-order valence-corrected chi connectivity index (χ0v) is 11.1. The molecule has 0 saturated heterocycles. The summed E-state index contributed by atoms with van der Waals surface area (Å²) >= 11 is 0. The summed E-state index contributed by atoms with van der Waals surface area (Å²) in [6.45, 7) is 2.19. The minimum atomic E-state index is -0.502. The van der Waals surface area contributed by atoms with E-state index in [1.807, 2.05) is 6.07 Å². The van der Waals surface area contributed by atoms with E-state index in [1.165, 1.54) is 6.07 Å². The van der Waals surface area contributed by atoms with E-state index >= 15 is 0 Å².